The van der Waals surface area contributed by atoms with Crippen molar-refractivity contribution in [1.29, 1.82) is 0 Å². The summed E-state index contributed by atoms with van der Waals surface area (Å²) in [7, 11) is -3.59. The maximum absolute atomic E-state index is 13.1. The minimum atomic E-state index is -3.59. The lowest BCUT2D eigenvalue weighted by atomic mass is 9.97. The molecule has 1 atom stereocenters. The first-order chi connectivity index (χ1) is 15.4. The fourth-order valence-corrected chi connectivity index (χ4v) is 6.83. The van der Waals surface area contributed by atoms with Gasteiger partial charge in [-0.2, -0.15) is 4.31 Å². The van der Waals surface area contributed by atoms with Crippen molar-refractivity contribution in [2.45, 2.75) is 43.9 Å². The molecule has 7 nitrogen and oxygen atoms in total. The van der Waals surface area contributed by atoms with Crippen molar-refractivity contribution in [2.24, 2.45) is 5.92 Å². The number of hydrogen-bond donors (Lipinski definition) is 1. The number of thiophene rings is 1. The van der Waals surface area contributed by atoms with Crippen molar-refractivity contribution < 1.29 is 18.0 Å². The van der Waals surface area contributed by atoms with Crippen molar-refractivity contribution in [3.63, 3.8) is 0 Å². The summed E-state index contributed by atoms with van der Waals surface area (Å²) in [6.45, 7) is 3.86. The number of amides is 2. The molecule has 2 aromatic rings. The molecule has 1 aromatic carbocycles. The molecule has 4 rings (SSSR count). The van der Waals surface area contributed by atoms with Gasteiger partial charge in [0.1, 0.15) is 0 Å². The fraction of sp³-hybridized carbons (Fsp3) is 0.478. The van der Waals surface area contributed by atoms with Crippen molar-refractivity contribution in [3.8, 4) is 0 Å². The summed E-state index contributed by atoms with van der Waals surface area (Å²) < 4.78 is 27.8. The molecule has 2 fully saturated rings. The SMILES string of the molecule is Cc1ccc(NC(=O)C2CCCN(C(=O)c3cccs3)C2)cc1S(=O)(=O)N1CCCCC1. The van der Waals surface area contributed by atoms with Crippen molar-refractivity contribution in [3.05, 3.63) is 46.2 Å². The van der Waals surface area contributed by atoms with Crippen LogP contribution >= 0.6 is 11.3 Å². The number of benzene rings is 1. The van der Waals surface area contributed by atoms with Gasteiger partial charge in [-0.15, -0.1) is 11.3 Å². The summed E-state index contributed by atoms with van der Waals surface area (Å²) >= 11 is 1.40. The first kappa shape index (κ1) is 22.9. The smallest absolute Gasteiger partial charge is 0.263 e. The molecule has 0 saturated carbocycles. The zero-order valence-electron chi connectivity index (χ0n) is 18.2. The quantitative estimate of drug-likeness (QED) is 0.714. The van der Waals surface area contributed by atoms with Gasteiger partial charge in [-0.05, 0) is 61.7 Å². The molecule has 172 valence electrons. The van der Waals surface area contributed by atoms with Crippen LogP contribution in [0, 0.1) is 12.8 Å². The highest BCUT2D eigenvalue weighted by molar-refractivity contribution is 7.89. The maximum atomic E-state index is 13.1. The van der Waals surface area contributed by atoms with Crippen LogP contribution in [-0.2, 0) is 14.8 Å². The van der Waals surface area contributed by atoms with E-state index in [-0.39, 0.29) is 22.6 Å². The van der Waals surface area contributed by atoms with Crippen LogP contribution in [0.5, 0.6) is 0 Å². The standard InChI is InChI=1S/C23H29N3O4S2/c1-17-9-10-19(15-21(17)32(29,30)26-12-3-2-4-13-26)24-22(27)18-7-5-11-25(16-18)23(28)20-8-6-14-31-20/h6,8-10,14-15,18H,2-5,7,11-13,16H2,1H3,(H,24,27). The molecular weight excluding hydrogens is 446 g/mol. The average Bonchev–Trinajstić information content (AvgIpc) is 3.35. The van der Waals surface area contributed by atoms with Crippen LogP contribution < -0.4 is 5.32 Å². The molecule has 1 N–H and O–H groups in total. The third-order valence-electron chi connectivity index (χ3n) is 6.20. The molecule has 1 unspecified atom stereocenters. The van der Waals surface area contributed by atoms with Crippen LogP contribution in [0.4, 0.5) is 5.69 Å². The van der Waals surface area contributed by atoms with E-state index in [0.717, 1.165) is 25.7 Å². The van der Waals surface area contributed by atoms with E-state index in [4.69, 9.17) is 0 Å². The summed E-state index contributed by atoms with van der Waals surface area (Å²) in [5.74, 6) is -0.544. The average molecular weight is 476 g/mol. The molecule has 9 heteroatoms. The number of nitrogens with one attached hydrogen (secondary N) is 1. The van der Waals surface area contributed by atoms with Crippen LogP contribution in [0.15, 0.2) is 40.6 Å². The van der Waals surface area contributed by atoms with Gasteiger partial charge in [0.15, 0.2) is 0 Å². The lowest BCUT2D eigenvalue weighted by molar-refractivity contribution is -0.121. The highest BCUT2D eigenvalue weighted by atomic mass is 32.2. The Morgan fingerprint density at radius 2 is 1.84 bits per heavy atom. The first-order valence-electron chi connectivity index (χ1n) is 11.1. The molecule has 0 radical (unpaired) electrons. The summed E-state index contributed by atoms with van der Waals surface area (Å²) in [4.78, 5) is 28.3. The Labute approximate surface area is 193 Å². The monoisotopic (exact) mass is 475 g/mol. The number of sulfonamides is 1. The van der Waals surface area contributed by atoms with Crippen LogP contribution in [-0.4, -0.2) is 55.6 Å². The molecule has 0 aliphatic carbocycles. The molecule has 32 heavy (non-hydrogen) atoms. The van der Waals surface area contributed by atoms with Gasteiger partial charge >= 0.3 is 0 Å². The fourth-order valence-electron chi connectivity index (χ4n) is 4.38. The number of anilines is 1. The topological polar surface area (TPSA) is 86.8 Å². The van der Waals surface area contributed by atoms with E-state index in [1.54, 1.807) is 40.4 Å². The van der Waals surface area contributed by atoms with Crippen LogP contribution in [0.1, 0.15) is 47.3 Å². The molecule has 3 heterocycles. The second-order valence-corrected chi connectivity index (χ2v) is 11.4. The van der Waals surface area contributed by atoms with Gasteiger partial charge < -0.3 is 10.2 Å². The highest BCUT2D eigenvalue weighted by Crippen LogP contribution is 2.27. The van der Waals surface area contributed by atoms with Crippen molar-refractivity contribution in [1.82, 2.24) is 9.21 Å². The Kier molecular flexibility index (Phi) is 6.97. The Hall–Kier alpha value is -2.23. The van der Waals surface area contributed by atoms with Gasteiger partial charge in [0.2, 0.25) is 15.9 Å². The van der Waals surface area contributed by atoms with E-state index in [9.17, 15) is 18.0 Å². The van der Waals surface area contributed by atoms with Crippen LogP contribution in [0.25, 0.3) is 0 Å². The van der Waals surface area contributed by atoms with Gasteiger partial charge in [0, 0.05) is 31.9 Å². The van der Waals surface area contributed by atoms with E-state index in [1.165, 1.54) is 11.3 Å². The lowest BCUT2D eigenvalue weighted by Gasteiger charge is -2.32. The number of carbonyl (C=O) groups is 2. The van der Waals surface area contributed by atoms with Crippen LogP contribution in [0.3, 0.4) is 0 Å². The molecule has 0 bridgehead atoms. The molecule has 0 spiro atoms. The predicted octanol–water partition coefficient (Wildman–Crippen LogP) is 3.72. The Morgan fingerprint density at radius 3 is 2.56 bits per heavy atom. The van der Waals surface area contributed by atoms with Gasteiger partial charge in [-0.1, -0.05) is 18.6 Å². The minimum Gasteiger partial charge on any atom is -0.337 e. The largest absolute Gasteiger partial charge is 0.337 e. The lowest BCUT2D eigenvalue weighted by Crippen LogP contribution is -2.43. The van der Waals surface area contributed by atoms with Gasteiger partial charge in [-0.25, -0.2) is 8.42 Å². The van der Waals surface area contributed by atoms with E-state index in [2.05, 4.69) is 5.32 Å². The Morgan fingerprint density at radius 1 is 1.06 bits per heavy atom. The molecule has 2 aliphatic heterocycles. The summed E-state index contributed by atoms with van der Waals surface area (Å²) in [6.07, 6.45) is 4.26. The van der Waals surface area contributed by atoms with E-state index in [1.807, 2.05) is 11.4 Å². The van der Waals surface area contributed by atoms with E-state index < -0.39 is 10.0 Å². The number of piperidine rings is 2. The second-order valence-electron chi connectivity index (χ2n) is 8.50. The van der Waals surface area contributed by atoms with Gasteiger partial charge in [0.25, 0.3) is 5.91 Å². The Balaban J connectivity index is 1.46. The first-order valence-corrected chi connectivity index (χ1v) is 13.4. The molecular formula is C23H29N3O4S2. The number of aryl methyl sites for hydroxylation is 1. The summed E-state index contributed by atoms with van der Waals surface area (Å²) in [5.41, 5.74) is 1.14. The normalized spacial score (nSPS) is 20.2. The number of likely N-dealkylation sites (tertiary alicyclic amines) is 1. The minimum absolute atomic E-state index is 0.0391. The molecule has 2 saturated heterocycles. The number of nitrogens with zero attached hydrogens (tertiary/aromatic N) is 2. The number of carbonyl (C=O) groups excluding carboxylic acids is 2. The van der Waals surface area contributed by atoms with Crippen molar-refractivity contribution >= 4 is 38.9 Å². The molecule has 2 aliphatic rings. The summed E-state index contributed by atoms with van der Waals surface area (Å²) in [6, 6.07) is 8.68. The third kappa shape index (κ3) is 4.89. The molecule has 1 aromatic heterocycles. The van der Waals surface area contributed by atoms with Crippen molar-refractivity contribution in [2.75, 3.05) is 31.5 Å². The van der Waals surface area contributed by atoms with Gasteiger partial charge in [-0.3, -0.25) is 9.59 Å². The second kappa shape index (κ2) is 9.72. The summed E-state index contributed by atoms with van der Waals surface area (Å²) in [5, 5.41) is 4.76. The number of rotatable bonds is 5. The Bertz CT molecular complexity index is 1080. The maximum Gasteiger partial charge on any atom is 0.263 e. The zero-order valence-corrected chi connectivity index (χ0v) is 19.9. The zero-order chi connectivity index (χ0) is 22.7. The number of hydrogen-bond acceptors (Lipinski definition) is 5. The van der Waals surface area contributed by atoms with E-state index in [0.29, 0.717) is 48.7 Å². The van der Waals surface area contributed by atoms with E-state index >= 15 is 0 Å². The molecule has 2 amide bonds. The third-order valence-corrected chi connectivity index (χ3v) is 9.10. The predicted molar refractivity (Wildman–Crippen MR) is 125 cm³/mol. The van der Waals surface area contributed by atoms with Crippen LogP contribution in [0.2, 0.25) is 0 Å². The van der Waals surface area contributed by atoms with Gasteiger partial charge in [0.05, 0.1) is 15.7 Å². The highest BCUT2D eigenvalue weighted by Gasteiger charge is 2.31.